The number of carbonyl (C=O) groups is 2. The highest BCUT2D eigenvalue weighted by Crippen LogP contribution is 2.27. The number of esters is 1. The Bertz CT molecular complexity index is 515. The highest BCUT2D eigenvalue weighted by atomic mass is 16.5. The van der Waals surface area contributed by atoms with Crippen LogP contribution in [0.25, 0.3) is 0 Å². The van der Waals surface area contributed by atoms with E-state index in [2.05, 4.69) is 10.4 Å². The molecular weight excluding hydrogens is 270 g/mol. The van der Waals surface area contributed by atoms with Gasteiger partial charge in [0.1, 0.15) is 5.92 Å². The van der Waals surface area contributed by atoms with E-state index in [1.165, 1.54) is 0 Å². The van der Waals surface area contributed by atoms with Crippen LogP contribution in [0.5, 0.6) is 0 Å². The van der Waals surface area contributed by atoms with E-state index in [0.717, 1.165) is 11.3 Å². The zero-order chi connectivity index (χ0) is 16.2. The first-order valence-electron chi connectivity index (χ1n) is 7.10. The van der Waals surface area contributed by atoms with Gasteiger partial charge in [0.2, 0.25) is 5.91 Å². The molecule has 1 amide bonds. The van der Waals surface area contributed by atoms with Crippen LogP contribution in [0.3, 0.4) is 0 Å². The van der Waals surface area contributed by atoms with Gasteiger partial charge in [-0.05, 0) is 19.3 Å². The Morgan fingerprint density at radius 2 is 2.05 bits per heavy atom. The van der Waals surface area contributed by atoms with Crippen molar-refractivity contribution in [3.05, 3.63) is 17.5 Å². The fraction of sp³-hybridized carbons (Fsp3) is 0.667. The zero-order valence-electron chi connectivity index (χ0n) is 13.7. The van der Waals surface area contributed by atoms with Gasteiger partial charge in [0.15, 0.2) is 0 Å². The topological polar surface area (TPSA) is 73.2 Å². The Balaban J connectivity index is 2.78. The van der Waals surface area contributed by atoms with Gasteiger partial charge in [-0.1, -0.05) is 20.8 Å². The van der Waals surface area contributed by atoms with Crippen molar-refractivity contribution >= 4 is 11.9 Å². The summed E-state index contributed by atoms with van der Waals surface area (Å²) in [5.41, 5.74) is 1.42. The first-order chi connectivity index (χ1) is 9.68. The molecule has 0 saturated heterocycles. The van der Waals surface area contributed by atoms with Crippen LogP contribution in [0.1, 0.15) is 39.0 Å². The number of carbonyl (C=O) groups excluding carboxylic acids is 2. The van der Waals surface area contributed by atoms with Gasteiger partial charge in [0.25, 0.3) is 0 Å². The number of aromatic nitrogens is 2. The summed E-state index contributed by atoms with van der Waals surface area (Å²) in [6.07, 6.45) is 1.71. The van der Waals surface area contributed by atoms with Crippen LogP contribution in [0.4, 0.5) is 0 Å². The van der Waals surface area contributed by atoms with Crippen molar-refractivity contribution in [3.8, 4) is 0 Å². The van der Waals surface area contributed by atoms with Crippen LogP contribution in [-0.4, -0.2) is 28.3 Å². The molecule has 0 bridgehead atoms. The van der Waals surface area contributed by atoms with E-state index in [-0.39, 0.29) is 12.5 Å². The fourth-order valence-corrected chi connectivity index (χ4v) is 2.08. The zero-order valence-corrected chi connectivity index (χ0v) is 13.7. The number of rotatable bonds is 5. The van der Waals surface area contributed by atoms with Gasteiger partial charge in [-0.3, -0.25) is 14.3 Å². The summed E-state index contributed by atoms with van der Waals surface area (Å²) in [6.45, 7) is 9.83. The molecule has 1 aromatic heterocycles. The molecule has 0 spiro atoms. The maximum atomic E-state index is 12.4. The number of ether oxygens (including phenoxy) is 1. The van der Waals surface area contributed by atoms with Crippen molar-refractivity contribution in [1.82, 2.24) is 15.1 Å². The molecule has 1 heterocycles. The summed E-state index contributed by atoms with van der Waals surface area (Å²) in [4.78, 5) is 24.4. The van der Waals surface area contributed by atoms with E-state index in [1.807, 2.05) is 34.7 Å². The number of nitrogens with one attached hydrogen (secondary N) is 1. The summed E-state index contributed by atoms with van der Waals surface area (Å²) in [7, 11) is 1.84. The molecule has 0 fully saturated rings. The van der Waals surface area contributed by atoms with E-state index in [4.69, 9.17) is 4.74 Å². The maximum Gasteiger partial charge on any atom is 0.319 e. The van der Waals surface area contributed by atoms with Gasteiger partial charge >= 0.3 is 5.97 Å². The highest BCUT2D eigenvalue weighted by molar-refractivity contribution is 5.98. The normalized spacial score (nSPS) is 12.9. The lowest BCUT2D eigenvalue weighted by Gasteiger charge is -2.27. The van der Waals surface area contributed by atoms with E-state index < -0.39 is 17.3 Å². The summed E-state index contributed by atoms with van der Waals surface area (Å²) >= 11 is 0. The van der Waals surface area contributed by atoms with Gasteiger partial charge in [-0.2, -0.15) is 5.10 Å². The third kappa shape index (κ3) is 4.31. The molecule has 6 nitrogen and oxygen atoms in total. The molecule has 1 unspecified atom stereocenters. The van der Waals surface area contributed by atoms with Crippen LogP contribution >= 0.6 is 0 Å². The lowest BCUT2D eigenvalue weighted by Crippen LogP contribution is -2.43. The second-order valence-corrected chi connectivity index (χ2v) is 6.15. The molecule has 0 saturated carbocycles. The van der Waals surface area contributed by atoms with Gasteiger partial charge < -0.3 is 10.1 Å². The van der Waals surface area contributed by atoms with Crippen molar-refractivity contribution < 1.29 is 14.3 Å². The molecule has 1 N–H and O–H groups in total. The van der Waals surface area contributed by atoms with Crippen LogP contribution in [0, 0.1) is 18.3 Å². The Morgan fingerprint density at radius 3 is 2.48 bits per heavy atom. The average molecular weight is 295 g/mol. The summed E-state index contributed by atoms with van der Waals surface area (Å²) in [5.74, 6) is -1.62. The Morgan fingerprint density at radius 1 is 1.43 bits per heavy atom. The summed E-state index contributed by atoms with van der Waals surface area (Å²) < 4.78 is 6.76. The molecule has 0 aromatic carbocycles. The molecule has 6 heteroatoms. The lowest BCUT2D eigenvalue weighted by molar-refractivity contribution is -0.156. The second-order valence-electron chi connectivity index (χ2n) is 6.15. The number of hydrogen-bond donors (Lipinski definition) is 1. The molecule has 21 heavy (non-hydrogen) atoms. The SMILES string of the molecule is CCOC(=O)C(C(=O)NCc1cnn(C)c1C)C(C)(C)C. The minimum atomic E-state index is -0.825. The molecule has 1 atom stereocenters. The quantitative estimate of drug-likeness (QED) is 0.661. The van der Waals surface area contributed by atoms with Crippen LogP contribution in [0.2, 0.25) is 0 Å². The smallest absolute Gasteiger partial charge is 0.319 e. The number of nitrogens with zero attached hydrogens (tertiary/aromatic N) is 2. The van der Waals surface area contributed by atoms with Gasteiger partial charge in [0.05, 0.1) is 12.8 Å². The van der Waals surface area contributed by atoms with Crippen LogP contribution < -0.4 is 5.32 Å². The van der Waals surface area contributed by atoms with Crippen LogP contribution in [-0.2, 0) is 27.9 Å². The van der Waals surface area contributed by atoms with Crippen molar-refractivity contribution in [2.75, 3.05) is 6.61 Å². The Labute approximate surface area is 125 Å². The molecule has 1 rings (SSSR count). The minimum Gasteiger partial charge on any atom is -0.465 e. The van der Waals surface area contributed by atoms with E-state index in [9.17, 15) is 9.59 Å². The van der Waals surface area contributed by atoms with Crippen molar-refractivity contribution in [3.63, 3.8) is 0 Å². The predicted octanol–water partition coefficient (Wildman–Crippen LogP) is 1.57. The average Bonchev–Trinajstić information content (AvgIpc) is 2.66. The van der Waals surface area contributed by atoms with E-state index in [1.54, 1.807) is 17.8 Å². The molecule has 0 aliphatic rings. The summed E-state index contributed by atoms with van der Waals surface area (Å²) in [5, 5.41) is 6.93. The molecule has 118 valence electrons. The fourth-order valence-electron chi connectivity index (χ4n) is 2.08. The summed E-state index contributed by atoms with van der Waals surface area (Å²) in [6, 6.07) is 0. The molecular formula is C15H25N3O3. The largest absolute Gasteiger partial charge is 0.465 e. The van der Waals surface area contributed by atoms with Gasteiger partial charge in [-0.15, -0.1) is 0 Å². The second kappa shape index (κ2) is 6.74. The highest BCUT2D eigenvalue weighted by Gasteiger charge is 2.38. The monoisotopic (exact) mass is 295 g/mol. The molecule has 0 aliphatic carbocycles. The van der Waals surface area contributed by atoms with Gasteiger partial charge in [-0.25, -0.2) is 0 Å². The molecule has 0 radical (unpaired) electrons. The Kier molecular flexibility index (Phi) is 5.52. The van der Waals surface area contributed by atoms with Crippen molar-refractivity contribution in [1.29, 1.82) is 0 Å². The maximum absolute atomic E-state index is 12.4. The van der Waals surface area contributed by atoms with Crippen molar-refractivity contribution in [2.45, 2.75) is 41.2 Å². The number of amides is 1. The number of hydrogen-bond acceptors (Lipinski definition) is 4. The number of aryl methyl sites for hydroxylation is 1. The molecule has 1 aromatic rings. The van der Waals surface area contributed by atoms with E-state index in [0.29, 0.717) is 6.54 Å². The first-order valence-corrected chi connectivity index (χ1v) is 7.10. The van der Waals surface area contributed by atoms with Crippen LogP contribution in [0.15, 0.2) is 6.20 Å². The minimum absolute atomic E-state index is 0.264. The standard InChI is InChI=1S/C15H25N3O3/c1-7-21-14(20)12(15(3,4)5)13(19)16-8-11-9-17-18(6)10(11)2/h9,12H,7-8H2,1-6H3,(H,16,19). The third-order valence-electron chi connectivity index (χ3n) is 3.44. The first kappa shape index (κ1) is 17.2. The predicted molar refractivity (Wildman–Crippen MR) is 79.4 cm³/mol. The Hall–Kier alpha value is -1.85. The van der Waals surface area contributed by atoms with E-state index >= 15 is 0 Å². The lowest BCUT2D eigenvalue weighted by atomic mass is 9.80. The van der Waals surface area contributed by atoms with Crippen molar-refractivity contribution in [2.24, 2.45) is 18.4 Å². The third-order valence-corrected chi connectivity index (χ3v) is 3.44. The molecule has 0 aliphatic heterocycles. The van der Waals surface area contributed by atoms with Gasteiger partial charge in [0, 0.05) is 24.8 Å².